The Labute approximate surface area is 316 Å². The number of allylic oxidation sites excluding steroid dienone is 8. The maximum absolute atomic E-state index is 8.96. The van der Waals surface area contributed by atoms with Crippen molar-refractivity contribution in [1.82, 2.24) is 15.0 Å². The summed E-state index contributed by atoms with van der Waals surface area (Å²) in [6.45, 7) is 16.2. The molecule has 54 heavy (non-hydrogen) atoms. The van der Waals surface area contributed by atoms with Crippen LogP contribution in [0.25, 0.3) is 72.8 Å². The van der Waals surface area contributed by atoms with Crippen molar-refractivity contribution >= 4 is 16.3 Å². The van der Waals surface area contributed by atoms with E-state index in [9.17, 15) is 0 Å². The lowest BCUT2D eigenvalue weighted by atomic mass is 9.91. The third-order valence-electron chi connectivity index (χ3n) is 9.17. The molecule has 1 aromatic heterocycles. The van der Waals surface area contributed by atoms with Gasteiger partial charge in [0, 0.05) is 22.3 Å². The van der Waals surface area contributed by atoms with Crippen LogP contribution in [-0.4, -0.2) is 15.0 Å². The minimum atomic E-state index is 0.358. The van der Waals surface area contributed by atoms with Gasteiger partial charge in [-0.25, -0.2) is 15.0 Å². The lowest BCUT2D eigenvalue weighted by Gasteiger charge is -2.13. The molecule has 256 valence electrons. The first-order valence-electron chi connectivity index (χ1n) is 17.5. The molecule has 0 aliphatic carbocycles. The van der Waals surface area contributed by atoms with Crippen molar-refractivity contribution in [1.29, 1.82) is 5.26 Å². The van der Waals surface area contributed by atoms with E-state index >= 15 is 0 Å². The van der Waals surface area contributed by atoms with Crippen molar-refractivity contribution in [2.75, 3.05) is 0 Å². The highest BCUT2D eigenvalue weighted by atomic mass is 15.0. The van der Waals surface area contributed by atoms with Gasteiger partial charge in [0.15, 0.2) is 17.5 Å². The van der Waals surface area contributed by atoms with Gasteiger partial charge in [-0.15, -0.1) is 0 Å². The SMILES string of the molecule is C=C(C#N)/C=C\C(=C)C(=C)/C=C\C(=C)c1ccc(-c2ccc(-c3nc(-c4ccccc4)nc(-c4ccc(-c5ccccc5)cc4)n3)cc2)c2ccccc12. The van der Waals surface area contributed by atoms with Crippen LogP contribution in [0.15, 0.2) is 213 Å². The van der Waals surface area contributed by atoms with Gasteiger partial charge in [0.25, 0.3) is 0 Å². The highest BCUT2D eigenvalue weighted by molar-refractivity contribution is 6.03. The molecule has 0 atom stereocenters. The first kappa shape index (κ1) is 34.9. The normalized spacial score (nSPS) is 11.1. The summed E-state index contributed by atoms with van der Waals surface area (Å²) in [5.74, 6) is 1.85. The molecule has 6 aromatic carbocycles. The van der Waals surface area contributed by atoms with Gasteiger partial charge in [-0.05, 0) is 61.4 Å². The highest BCUT2D eigenvalue weighted by Crippen LogP contribution is 2.35. The van der Waals surface area contributed by atoms with E-state index in [-0.39, 0.29) is 0 Å². The summed E-state index contributed by atoms with van der Waals surface area (Å²) < 4.78 is 0. The number of benzene rings is 6. The molecule has 0 amide bonds. The Bertz CT molecular complexity index is 2640. The Balaban J connectivity index is 1.19. The minimum absolute atomic E-state index is 0.358. The Morgan fingerprint density at radius 1 is 0.426 bits per heavy atom. The molecular weight excluding hydrogens is 657 g/mol. The minimum Gasteiger partial charge on any atom is -0.208 e. The van der Waals surface area contributed by atoms with Crippen LogP contribution in [0.3, 0.4) is 0 Å². The van der Waals surface area contributed by atoms with Crippen molar-refractivity contribution in [3.8, 4) is 62.5 Å². The molecule has 0 aliphatic heterocycles. The lowest BCUT2D eigenvalue weighted by molar-refractivity contribution is 1.07. The molecule has 4 heteroatoms. The van der Waals surface area contributed by atoms with E-state index in [0.717, 1.165) is 66.4 Å². The zero-order valence-electron chi connectivity index (χ0n) is 29.8. The van der Waals surface area contributed by atoms with Gasteiger partial charge in [-0.2, -0.15) is 5.26 Å². The fraction of sp³-hybridized carbons (Fsp3) is 0. The van der Waals surface area contributed by atoms with E-state index in [1.54, 1.807) is 12.2 Å². The van der Waals surface area contributed by atoms with Crippen LogP contribution in [0, 0.1) is 11.3 Å². The molecular formula is C50H36N4. The summed E-state index contributed by atoms with van der Waals surface area (Å²) in [5.41, 5.74) is 10.9. The molecule has 0 aliphatic rings. The zero-order valence-corrected chi connectivity index (χ0v) is 29.8. The summed E-state index contributed by atoms with van der Waals surface area (Å²) in [6.07, 6.45) is 7.20. The number of nitrogens with zero attached hydrogens (tertiary/aromatic N) is 4. The predicted octanol–water partition coefficient (Wildman–Crippen LogP) is 12.7. The van der Waals surface area contributed by atoms with Gasteiger partial charge in [0.05, 0.1) is 6.07 Å². The van der Waals surface area contributed by atoms with Crippen LogP contribution in [0.4, 0.5) is 0 Å². The molecule has 0 N–H and O–H groups in total. The quantitative estimate of drug-likeness (QED) is 0.1000. The molecule has 0 radical (unpaired) electrons. The van der Waals surface area contributed by atoms with E-state index in [1.165, 1.54) is 0 Å². The van der Waals surface area contributed by atoms with Gasteiger partial charge in [0.1, 0.15) is 0 Å². The number of hydrogen-bond donors (Lipinski definition) is 0. The van der Waals surface area contributed by atoms with E-state index in [2.05, 4.69) is 117 Å². The Hall–Kier alpha value is -7.48. The van der Waals surface area contributed by atoms with Gasteiger partial charge in [-0.1, -0.05) is 190 Å². The van der Waals surface area contributed by atoms with Crippen LogP contribution in [0.2, 0.25) is 0 Å². The summed E-state index contributed by atoms with van der Waals surface area (Å²) in [7, 11) is 0. The first-order chi connectivity index (χ1) is 26.4. The van der Waals surface area contributed by atoms with Crippen molar-refractivity contribution in [3.05, 3.63) is 218 Å². The van der Waals surface area contributed by atoms with Crippen LogP contribution in [0.1, 0.15) is 5.56 Å². The highest BCUT2D eigenvalue weighted by Gasteiger charge is 2.14. The summed E-state index contributed by atoms with van der Waals surface area (Å²) in [6, 6.07) is 51.7. The van der Waals surface area contributed by atoms with Gasteiger partial charge >= 0.3 is 0 Å². The van der Waals surface area contributed by atoms with Crippen molar-refractivity contribution in [2.45, 2.75) is 0 Å². The first-order valence-corrected chi connectivity index (χ1v) is 17.5. The Morgan fingerprint density at radius 3 is 1.41 bits per heavy atom. The lowest BCUT2D eigenvalue weighted by Crippen LogP contribution is -2.00. The second kappa shape index (κ2) is 15.8. The van der Waals surface area contributed by atoms with Gasteiger partial charge < -0.3 is 0 Å². The number of fused-ring (bicyclic) bond motifs is 1. The molecule has 0 unspecified atom stereocenters. The van der Waals surface area contributed by atoms with Gasteiger partial charge in [0.2, 0.25) is 0 Å². The Morgan fingerprint density at radius 2 is 0.852 bits per heavy atom. The average molecular weight is 693 g/mol. The van der Waals surface area contributed by atoms with E-state index in [4.69, 9.17) is 20.2 Å². The summed E-state index contributed by atoms with van der Waals surface area (Å²) >= 11 is 0. The van der Waals surface area contributed by atoms with E-state index in [1.807, 2.05) is 72.8 Å². The molecule has 0 saturated heterocycles. The number of nitriles is 1. The third kappa shape index (κ3) is 7.72. The average Bonchev–Trinajstić information content (AvgIpc) is 3.24. The van der Waals surface area contributed by atoms with Crippen LogP contribution < -0.4 is 0 Å². The third-order valence-corrected chi connectivity index (χ3v) is 9.17. The van der Waals surface area contributed by atoms with Crippen molar-refractivity contribution < 1.29 is 0 Å². The molecule has 0 spiro atoms. The fourth-order valence-corrected chi connectivity index (χ4v) is 6.17. The topological polar surface area (TPSA) is 62.5 Å². The second-order valence-electron chi connectivity index (χ2n) is 12.8. The largest absolute Gasteiger partial charge is 0.208 e. The predicted molar refractivity (Wildman–Crippen MR) is 225 cm³/mol. The molecule has 0 saturated carbocycles. The number of rotatable bonds is 11. The Kier molecular flexibility index (Phi) is 10.2. The van der Waals surface area contributed by atoms with Crippen molar-refractivity contribution in [3.63, 3.8) is 0 Å². The van der Waals surface area contributed by atoms with Crippen LogP contribution >= 0.6 is 0 Å². The zero-order chi connectivity index (χ0) is 37.4. The number of hydrogen-bond acceptors (Lipinski definition) is 4. The molecule has 0 fully saturated rings. The van der Waals surface area contributed by atoms with E-state index in [0.29, 0.717) is 28.6 Å². The molecule has 4 nitrogen and oxygen atoms in total. The summed E-state index contributed by atoms with van der Waals surface area (Å²) in [4.78, 5) is 14.8. The standard InChI is InChI=1S/C50H36N4/c1-34(33-51)19-20-35(2)36(3)21-22-37(4)44-31-32-45(47-18-12-11-17-46(44)47)40-25-29-43(30-26-40)50-53-48(41-15-9-6-10-16-41)52-49(54-50)42-27-23-39(24-28-42)38-13-7-5-8-14-38/h5-32H,1-4H2/b20-19-,22-21-. The van der Waals surface area contributed by atoms with Crippen LogP contribution in [-0.2, 0) is 0 Å². The molecule has 1 heterocycles. The smallest absolute Gasteiger partial charge is 0.164 e. The summed E-state index contributed by atoms with van der Waals surface area (Å²) in [5, 5.41) is 11.2. The van der Waals surface area contributed by atoms with E-state index < -0.39 is 0 Å². The maximum Gasteiger partial charge on any atom is 0.164 e. The second-order valence-corrected chi connectivity index (χ2v) is 12.8. The van der Waals surface area contributed by atoms with Crippen molar-refractivity contribution in [2.24, 2.45) is 0 Å². The maximum atomic E-state index is 8.96. The van der Waals surface area contributed by atoms with Crippen LogP contribution in [0.5, 0.6) is 0 Å². The molecule has 0 bridgehead atoms. The van der Waals surface area contributed by atoms with Gasteiger partial charge in [-0.3, -0.25) is 0 Å². The monoisotopic (exact) mass is 692 g/mol. The molecule has 7 rings (SSSR count). The molecule has 7 aromatic rings. The fourth-order valence-electron chi connectivity index (χ4n) is 6.17. The number of aromatic nitrogens is 3.